The Morgan fingerprint density at radius 1 is 1.48 bits per heavy atom. The van der Waals surface area contributed by atoms with Gasteiger partial charge in [-0.3, -0.25) is 5.41 Å². The van der Waals surface area contributed by atoms with E-state index in [-0.39, 0.29) is 25.0 Å². The molecule has 0 saturated carbocycles. The first-order valence-corrected chi connectivity index (χ1v) is 8.65. The van der Waals surface area contributed by atoms with Crippen molar-refractivity contribution in [2.45, 2.75) is 33.4 Å². The minimum Gasteiger partial charge on any atom is -0.395 e. The summed E-state index contributed by atoms with van der Waals surface area (Å²) in [7, 11) is 0. The van der Waals surface area contributed by atoms with E-state index in [4.69, 9.17) is 5.41 Å². The van der Waals surface area contributed by atoms with Crippen LogP contribution in [-0.2, 0) is 6.54 Å². The van der Waals surface area contributed by atoms with Crippen LogP contribution in [0.1, 0.15) is 26.5 Å². The molecule has 0 aliphatic rings. The number of nitrogens with one attached hydrogen (secondary N) is 2. The van der Waals surface area contributed by atoms with Gasteiger partial charge in [0.15, 0.2) is 5.84 Å². The van der Waals surface area contributed by atoms with Crippen molar-refractivity contribution in [3.05, 3.63) is 40.4 Å². The average molecular weight is 410 g/mol. The largest absolute Gasteiger partial charge is 0.395 e. The summed E-state index contributed by atoms with van der Waals surface area (Å²) in [5.74, 6) is 0.563. The number of aliphatic hydroxyl groups excluding tert-OH is 1. The number of imidazole rings is 1. The van der Waals surface area contributed by atoms with Gasteiger partial charge in [-0.25, -0.2) is 14.4 Å². The van der Waals surface area contributed by atoms with Crippen LogP contribution >= 0.6 is 15.9 Å². The topological polar surface area (TPSA) is 86.3 Å². The van der Waals surface area contributed by atoms with Crippen molar-refractivity contribution in [1.29, 1.82) is 5.41 Å². The molecule has 0 aliphatic carbocycles. The van der Waals surface area contributed by atoms with Crippen LogP contribution in [0.15, 0.2) is 33.9 Å². The number of amidine groups is 2. The summed E-state index contributed by atoms with van der Waals surface area (Å²) in [6.07, 6.45) is 1.70. The van der Waals surface area contributed by atoms with Gasteiger partial charge in [0.1, 0.15) is 23.2 Å². The fourth-order valence-corrected chi connectivity index (χ4v) is 2.63. The van der Waals surface area contributed by atoms with Crippen LogP contribution in [-0.4, -0.2) is 39.0 Å². The fraction of sp³-hybridized carbons (Fsp3) is 0.353. The van der Waals surface area contributed by atoms with Crippen LogP contribution in [0, 0.1) is 11.2 Å². The van der Waals surface area contributed by atoms with E-state index in [1.807, 2.05) is 13.8 Å². The number of aromatic nitrogens is 2. The van der Waals surface area contributed by atoms with Gasteiger partial charge in [-0.1, -0.05) is 15.9 Å². The molecular weight excluding hydrogens is 389 g/mol. The first-order valence-electron chi connectivity index (χ1n) is 7.86. The Labute approximate surface area is 154 Å². The van der Waals surface area contributed by atoms with Gasteiger partial charge in [-0.2, -0.15) is 0 Å². The quantitative estimate of drug-likeness (QED) is 0.523. The Bertz CT molecular complexity index is 800. The number of aliphatic imine (C=N–C) groups is 1. The molecule has 134 valence electrons. The van der Waals surface area contributed by atoms with E-state index in [1.165, 1.54) is 6.07 Å². The van der Waals surface area contributed by atoms with Crippen LogP contribution in [0.4, 0.5) is 4.39 Å². The molecule has 25 heavy (non-hydrogen) atoms. The monoisotopic (exact) mass is 409 g/mol. The van der Waals surface area contributed by atoms with Gasteiger partial charge in [0.25, 0.3) is 0 Å². The Morgan fingerprint density at radius 2 is 2.20 bits per heavy atom. The molecule has 0 spiro atoms. The fourth-order valence-electron chi connectivity index (χ4n) is 2.30. The Hall–Kier alpha value is -2.06. The van der Waals surface area contributed by atoms with Gasteiger partial charge < -0.3 is 15.0 Å². The number of aliphatic hydroxyl groups is 1. The highest BCUT2D eigenvalue weighted by Gasteiger charge is 2.17. The van der Waals surface area contributed by atoms with E-state index in [1.54, 1.807) is 29.8 Å². The predicted molar refractivity (Wildman–Crippen MR) is 101 cm³/mol. The van der Waals surface area contributed by atoms with E-state index in [0.29, 0.717) is 27.4 Å². The number of hydrogen-bond donors (Lipinski definition) is 3. The van der Waals surface area contributed by atoms with Gasteiger partial charge >= 0.3 is 0 Å². The summed E-state index contributed by atoms with van der Waals surface area (Å²) >= 11 is 3.24. The zero-order valence-corrected chi connectivity index (χ0v) is 15.9. The van der Waals surface area contributed by atoms with Crippen LogP contribution in [0.3, 0.4) is 0 Å². The van der Waals surface area contributed by atoms with E-state index < -0.39 is 5.82 Å². The lowest BCUT2D eigenvalue weighted by atomic mass is 10.2. The molecule has 0 saturated heterocycles. The Balaban J connectivity index is 2.56. The van der Waals surface area contributed by atoms with Crippen molar-refractivity contribution in [1.82, 2.24) is 14.9 Å². The normalized spacial score (nSPS) is 11.9. The maximum atomic E-state index is 14.4. The molecule has 0 aliphatic heterocycles. The third-order valence-corrected chi connectivity index (χ3v) is 3.73. The summed E-state index contributed by atoms with van der Waals surface area (Å²) in [4.78, 5) is 8.68. The second-order valence-electron chi connectivity index (χ2n) is 5.84. The van der Waals surface area contributed by atoms with Crippen molar-refractivity contribution in [3.63, 3.8) is 0 Å². The lowest BCUT2D eigenvalue weighted by molar-refractivity contribution is 0.276. The number of rotatable bonds is 5. The van der Waals surface area contributed by atoms with Gasteiger partial charge in [-0.05, 0) is 39.0 Å². The summed E-state index contributed by atoms with van der Waals surface area (Å²) in [5, 5.41) is 20.1. The third-order valence-electron chi connectivity index (χ3n) is 3.24. The predicted octanol–water partition coefficient (Wildman–Crippen LogP) is 3.19. The van der Waals surface area contributed by atoms with Crippen molar-refractivity contribution >= 4 is 27.6 Å². The molecule has 0 unspecified atom stereocenters. The molecule has 8 heteroatoms. The lowest BCUT2D eigenvalue weighted by Crippen LogP contribution is -2.32. The third kappa shape index (κ3) is 4.96. The van der Waals surface area contributed by atoms with E-state index in [9.17, 15) is 9.50 Å². The highest BCUT2D eigenvalue weighted by atomic mass is 79.9. The average Bonchev–Trinajstić information content (AvgIpc) is 2.90. The molecular formula is C17H21BrFN5O. The maximum Gasteiger partial charge on any atom is 0.155 e. The highest BCUT2D eigenvalue weighted by molar-refractivity contribution is 9.10. The molecule has 2 rings (SSSR count). The molecule has 0 amide bonds. The smallest absolute Gasteiger partial charge is 0.155 e. The highest BCUT2D eigenvalue weighted by Crippen LogP contribution is 2.25. The standard InChI is InChI=1S/C17H21BrFN5O/c1-10(2)21-16(22-11(3)20)15-9-24(6-7-25)17(23-15)13-5-4-12(18)8-14(13)19/h4-5,8-10,25H,6-7H2,1-3H3,(H2,20,21,22). The van der Waals surface area contributed by atoms with Crippen molar-refractivity contribution in [2.75, 3.05) is 6.61 Å². The molecule has 1 aromatic carbocycles. The van der Waals surface area contributed by atoms with Crippen LogP contribution in [0.25, 0.3) is 11.4 Å². The van der Waals surface area contributed by atoms with Crippen LogP contribution in [0.5, 0.6) is 0 Å². The van der Waals surface area contributed by atoms with Crippen molar-refractivity contribution in [2.24, 2.45) is 4.99 Å². The molecule has 1 heterocycles. The van der Waals surface area contributed by atoms with Crippen LogP contribution < -0.4 is 5.32 Å². The van der Waals surface area contributed by atoms with Gasteiger partial charge in [0.05, 0.1) is 12.2 Å². The van der Waals surface area contributed by atoms with E-state index in [2.05, 4.69) is 31.2 Å². The van der Waals surface area contributed by atoms with Gasteiger partial charge in [0.2, 0.25) is 0 Å². The molecule has 0 fully saturated rings. The van der Waals surface area contributed by atoms with Crippen molar-refractivity contribution < 1.29 is 9.50 Å². The first-order chi connectivity index (χ1) is 11.8. The minimum atomic E-state index is -0.413. The number of hydrogen-bond acceptors (Lipinski definition) is 3. The summed E-state index contributed by atoms with van der Waals surface area (Å²) in [6, 6.07) is 4.83. The van der Waals surface area contributed by atoms with Gasteiger partial charge in [-0.15, -0.1) is 0 Å². The van der Waals surface area contributed by atoms with Crippen LogP contribution in [0.2, 0.25) is 0 Å². The summed E-state index contributed by atoms with van der Waals surface area (Å²) in [5.41, 5.74) is 0.824. The molecule has 2 aromatic rings. The molecule has 0 radical (unpaired) electrons. The minimum absolute atomic E-state index is 0.0916. The molecule has 6 nitrogen and oxygen atoms in total. The summed E-state index contributed by atoms with van der Waals surface area (Å²) < 4.78 is 16.7. The zero-order chi connectivity index (χ0) is 18.6. The van der Waals surface area contributed by atoms with Crippen molar-refractivity contribution in [3.8, 4) is 11.4 Å². The first kappa shape index (κ1) is 19.3. The second kappa shape index (κ2) is 8.35. The Morgan fingerprint density at radius 3 is 2.76 bits per heavy atom. The lowest BCUT2D eigenvalue weighted by Gasteiger charge is -2.10. The zero-order valence-electron chi connectivity index (χ0n) is 14.3. The molecule has 0 atom stereocenters. The van der Waals surface area contributed by atoms with E-state index >= 15 is 0 Å². The molecule has 3 N–H and O–H groups in total. The number of nitrogens with zero attached hydrogens (tertiary/aromatic N) is 3. The van der Waals surface area contributed by atoms with E-state index in [0.717, 1.165) is 0 Å². The molecule has 0 bridgehead atoms. The maximum absolute atomic E-state index is 14.4. The summed E-state index contributed by atoms with van der Waals surface area (Å²) in [6.45, 7) is 5.65. The SMILES string of the molecule is CC(=N)/N=C(\NC(C)C)c1cn(CCO)c(-c2ccc(Br)cc2F)n1. The van der Waals surface area contributed by atoms with Gasteiger partial charge in [0, 0.05) is 23.3 Å². The number of halogens is 2. The molecule has 1 aromatic heterocycles. The second-order valence-corrected chi connectivity index (χ2v) is 6.75. The Kier molecular flexibility index (Phi) is 6.44. The number of benzene rings is 1.